The lowest BCUT2D eigenvalue weighted by molar-refractivity contribution is -0.441. The van der Waals surface area contributed by atoms with E-state index in [1.54, 1.807) is 18.5 Å². The molecule has 2 aliphatic rings. The summed E-state index contributed by atoms with van der Waals surface area (Å²) in [6.07, 6.45) is 12.7. The van der Waals surface area contributed by atoms with Gasteiger partial charge in [0, 0.05) is 47.8 Å². The Morgan fingerprint density at radius 3 is 2.82 bits per heavy atom. The molecule has 0 unspecified atom stereocenters. The summed E-state index contributed by atoms with van der Waals surface area (Å²) in [6, 6.07) is 13.2. The summed E-state index contributed by atoms with van der Waals surface area (Å²) in [5.74, 6) is 4.03. The van der Waals surface area contributed by atoms with E-state index >= 15 is 0 Å². The maximum Gasteiger partial charge on any atom is 0.309 e. The van der Waals surface area contributed by atoms with Gasteiger partial charge in [-0.25, -0.2) is 4.58 Å². The fourth-order valence-electron chi connectivity index (χ4n) is 3.45. The standard InChI is InChI=1S/C26H23N6O/c1-4-19-9-8-18(2)22(14-19)16-29-26(33)21-6-5-7-23(15-21)28-17-24-30-31-25(32(24)3)20-10-12-27-13-11-20/h1,5-15,28H,16-17H2,2-3H3/p+1. The van der Waals surface area contributed by atoms with Gasteiger partial charge in [0.2, 0.25) is 0 Å². The molecule has 7 nitrogen and oxygen atoms in total. The van der Waals surface area contributed by atoms with Crippen LogP contribution in [0.15, 0.2) is 81.4 Å². The van der Waals surface area contributed by atoms with E-state index in [0.29, 0.717) is 18.7 Å². The highest BCUT2D eigenvalue weighted by Crippen LogP contribution is 2.19. The molecule has 2 N–H and O–H groups in total. The van der Waals surface area contributed by atoms with E-state index in [9.17, 15) is 4.79 Å². The van der Waals surface area contributed by atoms with Crippen LogP contribution in [0.2, 0.25) is 0 Å². The van der Waals surface area contributed by atoms with Crippen molar-refractivity contribution in [3.8, 4) is 12.3 Å². The number of benzene rings is 2. The number of amidine groups is 1. The quantitative estimate of drug-likeness (QED) is 0.533. The number of hydrogen-bond donors (Lipinski definition) is 2. The molecule has 2 aliphatic heterocycles. The molecule has 7 heteroatoms. The Hall–Kier alpha value is -4.31. The highest BCUT2D eigenvalue weighted by Gasteiger charge is 2.26. The van der Waals surface area contributed by atoms with Crippen LogP contribution in [-0.4, -0.2) is 36.1 Å². The molecule has 1 radical (unpaired) electrons. The molecule has 0 saturated carbocycles. The Morgan fingerprint density at radius 1 is 1.15 bits per heavy atom. The molecule has 0 saturated heterocycles. The highest BCUT2D eigenvalue weighted by molar-refractivity contribution is 5.95. The van der Waals surface area contributed by atoms with E-state index in [2.05, 4.69) is 31.8 Å². The zero-order valence-corrected chi connectivity index (χ0v) is 18.5. The molecule has 2 aromatic rings. The van der Waals surface area contributed by atoms with Crippen molar-refractivity contribution in [2.24, 2.45) is 15.2 Å². The number of amides is 1. The topological polar surface area (TPSA) is 81.2 Å². The second kappa shape index (κ2) is 9.88. The second-order valence-corrected chi connectivity index (χ2v) is 7.64. The Kier molecular flexibility index (Phi) is 6.56. The van der Waals surface area contributed by atoms with Crippen LogP contribution in [0, 0.1) is 25.7 Å². The number of carbonyl (C=O) groups is 1. The van der Waals surface area contributed by atoms with E-state index in [1.165, 1.54) is 0 Å². The average molecular weight is 437 g/mol. The van der Waals surface area contributed by atoms with E-state index in [0.717, 1.165) is 39.6 Å². The first-order valence-electron chi connectivity index (χ1n) is 10.5. The minimum Gasteiger partial charge on any atom is -0.375 e. The van der Waals surface area contributed by atoms with E-state index in [-0.39, 0.29) is 5.91 Å². The first-order chi connectivity index (χ1) is 16.0. The molecule has 0 aliphatic carbocycles. The minimum atomic E-state index is -0.150. The molecule has 0 fully saturated rings. The van der Waals surface area contributed by atoms with Crippen LogP contribution >= 0.6 is 0 Å². The van der Waals surface area contributed by atoms with Gasteiger partial charge >= 0.3 is 11.7 Å². The van der Waals surface area contributed by atoms with Gasteiger partial charge in [0.15, 0.2) is 0 Å². The number of hydrogen-bond acceptors (Lipinski definition) is 5. The van der Waals surface area contributed by atoms with E-state index in [4.69, 9.17) is 6.42 Å². The number of allylic oxidation sites excluding steroid dienone is 2. The molecule has 0 atom stereocenters. The van der Waals surface area contributed by atoms with E-state index < -0.39 is 0 Å². The summed E-state index contributed by atoms with van der Waals surface area (Å²) < 4.78 is 1.94. The summed E-state index contributed by atoms with van der Waals surface area (Å²) in [4.78, 5) is 16.8. The molecule has 2 aromatic carbocycles. The summed E-state index contributed by atoms with van der Waals surface area (Å²) in [6.45, 7) is 2.88. The molecule has 1 amide bonds. The Morgan fingerprint density at radius 2 is 2.03 bits per heavy atom. The van der Waals surface area contributed by atoms with Gasteiger partial charge in [0.05, 0.1) is 17.3 Å². The lowest BCUT2D eigenvalue weighted by Crippen LogP contribution is -2.23. The van der Waals surface area contributed by atoms with Crippen molar-refractivity contribution in [1.29, 1.82) is 0 Å². The van der Waals surface area contributed by atoms with Crippen LogP contribution in [0.1, 0.15) is 27.0 Å². The van der Waals surface area contributed by atoms with Crippen LogP contribution < -0.4 is 10.6 Å². The van der Waals surface area contributed by atoms with Gasteiger partial charge in [-0.2, -0.15) is 0 Å². The number of aliphatic imine (C=N–C) groups is 1. The SMILES string of the molecule is C#Cc1ccc(C)c(CNC(=O)c2cccc(NCC3=[N+](C)/C(=C4/[CH]C=NC=C4)N=N3)c2)c1. The number of nitrogens with zero attached hydrogens (tertiary/aromatic N) is 4. The summed E-state index contributed by atoms with van der Waals surface area (Å²) in [5, 5.41) is 14.9. The van der Waals surface area contributed by atoms with Crippen LogP contribution in [0.5, 0.6) is 0 Å². The molecule has 2 heterocycles. The van der Waals surface area contributed by atoms with Gasteiger partial charge < -0.3 is 10.6 Å². The maximum absolute atomic E-state index is 12.7. The number of carbonyl (C=O) groups excluding carboxylic acids is 1. The highest BCUT2D eigenvalue weighted by atomic mass is 16.1. The number of anilines is 1. The van der Waals surface area contributed by atoms with Gasteiger partial charge in [-0.05, 0) is 54.5 Å². The monoisotopic (exact) mass is 436 g/mol. The first kappa shape index (κ1) is 21.9. The Bertz CT molecular complexity index is 1290. The molecule has 0 aromatic heterocycles. The number of aryl methyl sites for hydroxylation is 1. The van der Waals surface area contributed by atoms with E-state index in [1.807, 2.05) is 67.4 Å². The zero-order chi connectivity index (χ0) is 23.2. The van der Waals surface area contributed by atoms with Crippen molar-refractivity contribution in [1.82, 2.24) is 5.32 Å². The number of rotatable bonds is 6. The maximum atomic E-state index is 12.7. The fraction of sp³-hybridized carbons (Fsp3) is 0.154. The van der Waals surface area contributed by atoms with Gasteiger partial charge in [0.1, 0.15) is 6.54 Å². The van der Waals surface area contributed by atoms with Gasteiger partial charge in [-0.3, -0.25) is 9.79 Å². The van der Waals surface area contributed by atoms with Crippen molar-refractivity contribution in [3.63, 3.8) is 0 Å². The molecule has 33 heavy (non-hydrogen) atoms. The third-order valence-corrected chi connectivity index (χ3v) is 5.43. The largest absolute Gasteiger partial charge is 0.375 e. The van der Waals surface area contributed by atoms with Crippen molar-refractivity contribution >= 4 is 23.6 Å². The van der Waals surface area contributed by atoms with Crippen LogP contribution in [-0.2, 0) is 6.54 Å². The van der Waals surface area contributed by atoms with Crippen LogP contribution in [0.4, 0.5) is 5.69 Å². The molecular weight excluding hydrogens is 412 g/mol. The number of azo groups is 1. The Balaban J connectivity index is 1.39. The predicted molar refractivity (Wildman–Crippen MR) is 130 cm³/mol. The third-order valence-electron chi connectivity index (χ3n) is 5.43. The van der Waals surface area contributed by atoms with Crippen molar-refractivity contribution in [2.75, 3.05) is 18.9 Å². The van der Waals surface area contributed by atoms with Crippen molar-refractivity contribution < 1.29 is 9.37 Å². The molecule has 0 bridgehead atoms. The molecule has 4 rings (SSSR count). The van der Waals surface area contributed by atoms with Crippen molar-refractivity contribution in [3.05, 3.63) is 94.8 Å². The summed E-state index contributed by atoms with van der Waals surface area (Å²) in [5.41, 5.74) is 5.22. The van der Waals surface area contributed by atoms with Crippen LogP contribution in [0.25, 0.3) is 0 Å². The zero-order valence-electron chi connectivity index (χ0n) is 18.5. The van der Waals surface area contributed by atoms with Crippen LogP contribution in [0.3, 0.4) is 0 Å². The second-order valence-electron chi connectivity index (χ2n) is 7.64. The summed E-state index contributed by atoms with van der Waals surface area (Å²) in [7, 11) is 1.92. The van der Waals surface area contributed by atoms with Gasteiger partial charge in [-0.1, -0.05) is 18.1 Å². The number of nitrogens with one attached hydrogen (secondary N) is 2. The minimum absolute atomic E-state index is 0.150. The van der Waals surface area contributed by atoms with Gasteiger partial charge in [-0.15, -0.1) is 6.42 Å². The fourth-order valence-corrected chi connectivity index (χ4v) is 3.45. The smallest absolute Gasteiger partial charge is 0.309 e. The Labute approximate surface area is 193 Å². The third kappa shape index (κ3) is 5.13. The lowest BCUT2D eigenvalue weighted by Gasteiger charge is -2.10. The first-order valence-corrected chi connectivity index (χ1v) is 10.5. The van der Waals surface area contributed by atoms with Gasteiger partial charge in [0.25, 0.3) is 5.91 Å². The summed E-state index contributed by atoms with van der Waals surface area (Å²) >= 11 is 0. The number of terminal acetylenes is 1. The molecular formula is C26H24N6O+. The average Bonchev–Trinajstić information content (AvgIpc) is 3.23. The normalized spacial score (nSPS) is 16.8. The predicted octanol–water partition coefficient (Wildman–Crippen LogP) is 3.84. The lowest BCUT2D eigenvalue weighted by atomic mass is 10.1. The molecule has 163 valence electrons. The van der Waals surface area contributed by atoms with Crippen molar-refractivity contribution in [2.45, 2.75) is 13.5 Å². The molecule has 0 spiro atoms.